The van der Waals surface area contributed by atoms with Crippen LogP contribution in [-0.4, -0.2) is 38.9 Å². The number of carbonyl (C=O) groups excluding carboxylic acids is 1. The van der Waals surface area contributed by atoms with Gasteiger partial charge < -0.3 is 9.64 Å². The summed E-state index contributed by atoms with van der Waals surface area (Å²) in [6.45, 7) is 2.61. The van der Waals surface area contributed by atoms with Crippen LogP contribution in [0.4, 0.5) is 0 Å². The minimum absolute atomic E-state index is 0.0134. The minimum atomic E-state index is -0.0369. The van der Waals surface area contributed by atoms with Crippen LogP contribution in [0.15, 0.2) is 30.3 Å². The summed E-state index contributed by atoms with van der Waals surface area (Å²) in [5.74, 6) is -0.0134. The molecule has 1 amide bonds. The van der Waals surface area contributed by atoms with E-state index in [1.54, 1.807) is 0 Å². The lowest BCUT2D eigenvalue weighted by atomic mass is 10.1. The average molecular weight is 298 g/mol. The molecule has 0 spiro atoms. The number of aromatic nitrogens is 3. The smallest absolute Gasteiger partial charge is 0.276 e. The monoisotopic (exact) mass is 298 g/mol. The molecule has 2 aliphatic heterocycles. The molecule has 1 fully saturated rings. The summed E-state index contributed by atoms with van der Waals surface area (Å²) in [6.07, 6.45) is 2.11. The molecule has 2 aliphatic rings. The molecule has 0 bridgehead atoms. The van der Waals surface area contributed by atoms with E-state index in [0.717, 1.165) is 37.2 Å². The number of fused-ring (bicyclic) bond motifs is 1. The number of rotatable bonds is 2. The molecule has 0 radical (unpaired) electrons. The molecule has 22 heavy (non-hydrogen) atoms. The maximum absolute atomic E-state index is 12.5. The average Bonchev–Trinajstić information content (AvgIpc) is 3.24. The van der Waals surface area contributed by atoms with Crippen molar-refractivity contribution in [1.82, 2.24) is 19.9 Å². The third-order valence-electron chi connectivity index (χ3n) is 4.36. The first kappa shape index (κ1) is 13.5. The fraction of sp³-hybridized carbons (Fsp3) is 0.438. The summed E-state index contributed by atoms with van der Waals surface area (Å²) in [4.78, 5) is 14.3. The second kappa shape index (κ2) is 5.53. The molecule has 1 saturated heterocycles. The Morgan fingerprint density at radius 1 is 1.18 bits per heavy atom. The van der Waals surface area contributed by atoms with Crippen molar-refractivity contribution in [3.8, 4) is 0 Å². The Kier molecular flexibility index (Phi) is 3.38. The van der Waals surface area contributed by atoms with Crippen molar-refractivity contribution in [1.29, 1.82) is 0 Å². The molecular formula is C16H18N4O2. The van der Waals surface area contributed by atoms with Crippen LogP contribution in [0.3, 0.4) is 0 Å². The Morgan fingerprint density at radius 2 is 1.95 bits per heavy atom. The number of hydrogen-bond donors (Lipinski definition) is 0. The van der Waals surface area contributed by atoms with Gasteiger partial charge in [0.1, 0.15) is 6.10 Å². The van der Waals surface area contributed by atoms with Gasteiger partial charge in [0.2, 0.25) is 0 Å². The zero-order valence-electron chi connectivity index (χ0n) is 12.3. The van der Waals surface area contributed by atoms with Crippen LogP contribution in [0.5, 0.6) is 0 Å². The first-order valence-electron chi connectivity index (χ1n) is 7.71. The first-order chi connectivity index (χ1) is 10.8. The van der Waals surface area contributed by atoms with Crippen molar-refractivity contribution in [2.45, 2.75) is 32.1 Å². The minimum Gasteiger partial charge on any atom is -0.365 e. The van der Waals surface area contributed by atoms with Crippen LogP contribution in [0.1, 0.15) is 40.7 Å². The summed E-state index contributed by atoms with van der Waals surface area (Å²) < 4.78 is 7.74. The van der Waals surface area contributed by atoms with Gasteiger partial charge in [0.25, 0.3) is 5.91 Å². The van der Waals surface area contributed by atoms with Gasteiger partial charge in [-0.05, 0) is 18.4 Å². The molecular weight excluding hydrogens is 280 g/mol. The van der Waals surface area contributed by atoms with Gasteiger partial charge in [-0.25, -0.2) is 4.68 Å². The zero-order valence-corrected chi connectivity index (χ0v) is 12.3. The van der Waals surface area contributed by atoms with Crippen molar-refractivity contribution in [3.63, 3.8) is 0 Å². The summed E-state index contributed by atoms with van der Waals surface area (Å²) in [7, 11) is 0. The predicted octanol–water partition coefficient (Wildman–Crippen LogP) is 1.79. The Balaban J connectivity index is 1.56. The van der Waals surface area contributed by atoms with Crippen LogP contribution < -0.4 is 0 Å². The highest BCUT2D eigenvalue weighted by Gasteiger charge is 2.30. The first-order valence-corrected chi connectivity index (χ1v) is 7.71. The van der Waals surface area contributed by atoms with Crippen LogP contribution in [0, 0.1) is 0 Å². The molecule has 1 aromatic carbocycles. The second-order valence-corrected chi connectivity index (χ2v) is 5.78. The van der Waals surface area contributed by atoms with Gasteiger partial charge in [-0.15, -0.1) is 5.10 Å². The second-order valence-electron chi connectivity index (χ2n) is 5.78. The van der Waals surface area contributed by atoms with Gasteiger partial charge in [0.05, 0.1) is 18.8 Å². The lowest BCUT2D eigenvalue weighted by Gasteiger charge is -2.24. The maximum Gasteiger partial charge on any atom is 0.276 e. The largest absolute Gasteiger partial charge is 0.365 e. The Morgan fingerprint density at radius 3 is 2.73 bits per heavy atom. The standard InChI is InChI=1S/C16H18N4O2/c21-16(19-8-4-5-9-19)15-13-11-22-14(10-20(13)18-17-15)12-6-2-1-3-7-12/h1-3,6-7,14H,4-5,8-11H2/t14-/m1/s1. The highest BCUT2D eigenvalue weighted by molar-refractivity contribution is 5.93. The molecule has 1 aromatic heterocycles. The van der Waals surface area contributed by atoms with Gasteiger partial charge in [0, 0.05) is 13.1 Å². The van der Waals surface area contributed by atoms with E-state index in [9.17, 15) is 4.79 Å². The van der Waals surface area contributed by atoms with Crippen LogP contribution in [0.2, 0.25) is 0 Å². The van der Waals surface area contributed by atoms with E-state index in [-0.39, 0.29) is 12.0 Å². The van der Waals surface area contributed by atoms with Gasteiger partial charge in [-0.3, -0.25) is 4.79 Å². The SMILES string of the molecule is O=C(c1nnn2c1CO[C@@H](c1ccccc1)C2)N1CCCC1. The van der Waals surface area contributed by atoms with Crippen LogP contribution in [-0.2, 0) is 17.9 Å². The van der Waals surface area contributed by atoms with Crippen molar-refractivity contribution >= 4 is 5.91 Å². The summed E-state index contributed by atoms with van der Waals surface area (Å²) in [6, 6.07) is 10.1. The fourth-order valence-corrected chi connectivity index (χ4v) is 3.12. The maximum atomic E-state index is 12.5. The number of nitrogens with zero attached hydrogens (tertiary/aromatic N) is 4. The molecule has 6 nitrogen and oxygen atoms in total. The van der Waals surface area contributed by atoms with Gasteiger partial charge in [-0.2, -0.15) is 0 Å². The van der Waals surface area contributed by atoms with Crippen LogP contribution >= 0.6 is 0 Å². The van der Waals surface area contributed by atoms with E-state index in [1.165, 1.54) is 0 Å². The fourth-order valence-electron chi connectivity index (χ4n) is 3.12. The van der Waals surface area contributed by atoms with Gasteiger partial charge >= 0.3 is 0 Å². The summed E-state index contributed by atoms with van der Waals surface area (Å²) >= 11 is 0. The number of likely N-dealkylation sites (tertiary alicyclic amines) is 1. The third kappa shape index (κ3) is 2.29. The number of benzene rings is 1. The van der Waals surface area contributed by atoms with Crippen molar-refractivity contribution in [2.75, 3.05) is 13.1 Å². The molecule has 0 aliphatic carbocycles. The topological polar surface area (TPSA) is 60.3 Å². The zero-order chi connectivity index (χ0) is 14.9. The van der Waals surface area contributed by atoms with Crippen molar-refractivity contribution in [2.24, 2.45) is 0 Å². The predicted molar refractivity (Wildman–Crippen MR) is 79.1 cm³/mol. The lowest BCUT2D eigenvalue weighted by Crippen LogP contribution is -2.30. The number of hydrogen-bond acceptors (Lipinski definition) is 4. The summed E-state index contributed by atoms with van der Waals surface area (Å²) in [5, 5.41) is 8.28. The normalized spacial score (nSPS) is 20.9. The molecule has 0 saturated carbocycles. The number of ether oxygens (including phenoxy) is 1. The molecule has 1 atom stereocenters. The quantitative estimate of drug-likeness (QED) is 0.848. The molecule has 4 rings (SSSR count). The number of carbonyl (C=O) groups is 1. The highest BCUT2D eigenvalue weighted by atomic mass is 16.5. The van der Waals surface area contributed by atoms with Crippen molar-refractivity contribution < 1.29 is 9.53 Å². The Bertz CT molecular complexity index is 677. The van der Waals surface area contributed by atoms with E-state index in [0.29, 0.717) is 18.8 Å². The van der Waals surface area contributed by atoms with E-state index >= 15 is 0 Å². The Labute approximate surface area is 128 Å². The van der Waals surface area contributed by atoms with E-state index in [4.69, 9.17) is 4.74 Å². The lowest BCUT2D eigenvalue weighted by molar-refractivity contribution is -0.00191. The van der Waals surface area contributed by atoms with Crippen LogP contribution in [0.25, 0.3) is 0 Å². The summed E-state index contributed by atoms with van der Waals surface area (Å²) in [5.41, 5.74) is 2.37. The third-order valence-corrected chi connectivity index (χ3v) is 4.36. The van der Waals surface area contributed by atoms with E-state index in [2.05, 4.69) is 10.3 Å². The molecule has 114 valence electrons. The molecule has 2 aromatic rings. The Hall–Kier alpha value is -2.21. The van der Waals surface area contributed by atoms with Gasteiger partial charge in [-0.1, -0.05) is 35.5 Å². The van der Waals surface area contributed by atoms with E-state index in [1.807, 2.05) is 39.9 Å². The highest BCUT2D eigenvalue weighted by Crippen LogP contribution is 2.27. The van der Waals surface area contributed by atoms with E-state index < -0.39 is 0 Å². The number of amides is 1. The van der Waals surface area contributed by atoms with Gasteiger partial charge in [0.15, 0.2) is 5.69 Å². The van der Waals surface area contributed by atoms with Crippen molar-refractivity contribution in [3.05, 3.63) is 47.3 Å². The molecule has 6 heteroatoms. The molecule has 0 unspecified atom stereocenters. The molecule has 3 heterocycles. The molecule has 0 N–H and O–H groups in total.